The number of halogens is 1. The summed E-state index contributed by atoms with van der Waals surface area (Å²) in [7, 11) is 0. The number of rotatable bonds is 8. The summed E-state index contributed by atoms with van der Waals surface area (Å²) in [6.07, 6.45) is 2.07. The molecule has 2 aromatic carbocycles. The number of urea groups is 1. The molecule has 2 aromatic rings. The van der Waals surface area contributed by atoms with Crippen LogP contribution in [0.4, 0.5) is 16.2 Å². The van der Waals surface area contributed by atoms with Crippen LogP contribution >= 0.6 is 11.6 Å². The van der Waals surface area contributed by atoms with Gasteiger partial charge in [0.05, 0.1) is 0 Å². The molecular formula is C23H29ClN4O3. The molecule has 0 saturated carbocycles. The van der Waals surface area contributed by atoms with Crippen molar-refractivity contribution in [3.05, 3.63) is 53.6 Å². The second-order valence-electron chi connectivity index (χ2n) is 7.40. The second-order valence-corrected chi connectivity index (χ2v) is 7.83. The van der Waals surface area contributed by atoms with Gasteiger partial charge in [0.15, 0.2) is 6.61 Å². The number of benzene rings is 2. The molecule has 0 radical (unpaired) electrons. The van der Waals surface area contributed by atoms with Crippen LogP contribution in [0.1, 0.15) is 19.8 Å². The average molecular weight is 445 g/mol. The van der Waals surface area contributed by atoms with Gasteiger partial charge in [-0.15, -0.1) is 0 Å². The Hall–Kier alpha value is -2.93. The van der Waals surface area contributed by atoms with E-state index < -0.39 is 0 Å². The maximum Gasteiger partial charge on any atom is 0.317 e. The monoisotopic (exact) mass is 444 g/mol. The number of ether oxygens (including phenoxy) is 1. The molecule has 3 amide bonds. The van der Waals surface area contributed by atoms with Gasteiger partial charge < -0.3 is 25.2 Å². The van der Waals surface area contributed by atoms with Crippen LogP contribution in [-0.4, -0.2) is 56.2 Å². The van der Waals surface area contributed by atoms with Crippen LogP contribution in [0.5, 0.6) is 5.75 Å². The highest BCUT2D eigenvalue weighted by molar-refractivity contribution is 6.30. The van der Waals surface area contributed by atoms with Crippen LogP contribution in [0.25, 0.3) is 0 Å². The molecule has 8 heteroatoms. The zero-order chi connectivity index (χ0) is 22.1. The number of nitrogens with one attached hydrogen (secondary N) is 2. The minimum Gasteiger partial charge on any atom is -0.484 e. The van der Waals surface area contributed by atoms with E-state index in [0.29, 0.717) is 29.5 Å². The number of carbonyl (C=O) groups is 2. The van der Waals surface area contributed by atoms with E-state index >= 15 is 0 Å². The van der Waals surface area contributed by atoms with Gasteiger partial charge in [0.2, 0.25) is 0 Å². The van der Waals surface area contributed by atoms with Crippen LogP contribution in [0, 0.1) is 0 Å². The summed E-state index contributed by atoms with van der Waals surface area (Å²) in [4.78, 5) is 28.4. The lowest BCUT2D eigenvalue weighted by atomic mass is 10.2. The highest BCUT2D eigenvalue weighted by atomic mass is 35.5. The second kappa shape index (κ2) is 11.5. The first kappa shape index (κ1) is 22.7. The predicted octanol–water partition coefficient (Wildman–Crippen LogP) is 3.99. The number of unbranched alkanes of at least 4 members (excludes halogenated alkanes) is 1. The molecule has 0 aliphatic carbocycles. The molecule has 0 spiro atoms. The fraction of sp³-hybridized carbons (Fsp3) is 0.391. The lowest BCUT2D eigenvalue weighted by Crippen LogP contribution is -2.52. The largest absolute Gasteiger partial charge is 0.484 e. The molecule has 0 aromatic heterocycles. The van der Waals surface area contributed by atoms with E-state index in [2.05, 4.69) is 22.5 Å². The summed E-state index contributed by atoms with van der Waals surface area (Å²) in [5.74, 6) is 0.360. The molecule has 1 saturated heterocycles. The molecule has 0 atom stereocenters. The summed E-state index contributed by atoms with van der Waals surface area (Å²) in [6, 6.07) is 14.6. The topological polar surface area (TPSA) is 73.9 Å². The van der Waals surface area contributed by atoms with Crippen molar-refractivity contribution in [2.75, 3.05) is 49.5 Å². The Balaban J connectivity index is 1.42. The fourth-order valence-corrected chi connectivity index (χ4v) is 3.41. The van der Waals surface area contributed by atoms with Gasteiger partial charge >= 0.3 is 6.03 Å². The van der Waals surface area contributed by atoms with E-state index in [-0.39, 0.29) is 18.5 Å². The summed E-state index contributed by atoms with van der Waals surface area (Å²) in [6.45, 7) is 5.70. The molecule has 1 aliphatic heterocycles. The SMILES string of the molecule is CCCCNC(=O)N1CCN(c2ccc(NC(=O)COc3ccc(Cl)cc3)cc2)CC1. The van der Waals surface area contributed by atoms with Crippen molar-refractivity contribution < 1.29 is 14.3 Å². The molecule has 1 aliphatic rings. The van der Waals surface area contributed by atoms with Crippen LogP contribution in [0.15, 0.2) is 48.5 Å². The lowest BCUT2D eigenvalue weighted by Gasteiger charge is -2.36. The minimum absolute atomic E-state index is 0.0204. The zero-order valence-corrected chi connectivity index (χ0v) is 18.5. The quantitative estimate of drug-likeness (QED) is 0.604. The van der Waals surface area contributed by atoms with Crippen molar-refractivity contribution in [1.29, 1.82) is 0 Å². The molecule has 7 nitrogen and oxygen atoms in total. The van der Waals surface area contributed by atoms with E-state index in [1.807, 2.05) is 29.2 Å². The average Bonchev–Trinajstić information content (AvgIpc) is 2.79. The molecule has 0 unspecified atom stereocenters. The van der Waals surface area contributed by atoms with Crippen molar-refractivity contribution in [2.24, 2.45) is 0 Å². The summed E-state index contributed by atoms with van der Waals surface area (Å²) in [5.41, 5.74) is 1.78. The number of piperazine rings is 1. The molecule has 1 fully saturated rings. The molecule has 0 bridgehead atoms. The van der Waals surface area contributed by atoms with Gasteiger partial charge in [-0.2, -0.15) is 0 Å². The molecule has 3 rings (SSSR count). The van der Waals surface area contributed by atoms with Crippen LogP contribution in [0.3, 0.4) is 0 Å². The Kier molecular flexibility index (Phi) is 8.41. The first-order valence-electron chi connectivity index (χ1n) is 10.6. The number of hydrogen-bond donors (Lipinski definition) is 2. The smallest absolute Gasteiger partial charge is 0.317 e. The Morgan fingerprint density at radius 3 is 2.32 bits per heavy atom. The van der Waals surface area contributed by atoms with Crippen LogP contribution < -0.4 is 20.3 Å². The number of amides is 3. The van der Waals surface area contributed by atoms with E-state index in [4.69, 9.17) is 16.3 Å². The summed E-state index contributed by atoms with van der Waals surface area (Å²) in [5, 5.41) is 6.42. The van der Waals surface area contributed by atoms with Crippen molar-refractivity contribution in [3.63, 3.8) is 0 Å². The molecule has 2 N–H and O–H groups in total. The van der Waals surface area contributed by atoms with Crippen molar-refractivity contribution in [1.82, 2.24) is 10.2 Å². The zero-order valence-electron chi connectivity index (χ0n) is 17.8. The number of hydrogen-bond acceptors (Lipinski definition) is 4. The molecule has 1 heterocycles. The summed E-state index contributed by atoms with van der Waals surface area (Å²) < 4.78 is 5.46. The summed E-state index contributed by atoms with van der Waals surface area (Å²) >= 11 is 5.84. The third-order valence-electron chi connectivity index (χ3n) is 5.07. The van der Waals surface area contributed by atoms with Gasteiger partial charge in [0.1, 0.15) is 5.75 Å². The Morgan fingerprint density at radius 1 is 1.00 bits per heavy atom. The van der Waals surface area contributed by atoms with Crippen molar-refractivity contribution in [2.45, 2.75) is 19.8 Å². The van der Waals surface area contributed by atoms with Gasteiger partial charge in [-0.1, -0.05) is 24.9 Å². The van der Waals surface area contributed by atoms with Gasteiger partial charge in [-0.05, 0) is 55.0 Å². The van der Waals surface area contributed by atoms with Crippen molar-refractivity contribution in [3.8, 4) is 5.75 Å². The first-order valence-corrected chi connectivity index (χ1v) is 11.0. The van der Waals surface area contributed by atoms with E-state index in [1.54, 1.807) is 24.3 Å². The van der Waals surface area contributed by atoms with Gasteiger partial charge in [0, 0.05) is 49.1 Å². The maximum absolute atomic E-state index is 12.2. The van der Waals surface area contributed by atoms with Gasteiger partial charge in [0.25, 0.3) is 5.91 Å². The lowest BCUT2D eigenvalue weighted by molar-refractivity contribution is -0.118. The Labute approximate surface area is 188 Å². The standard InChI is InChI=1S/C23H29ClN4O3/c1-2-3-12-25-23(30)28-15-13-27(14-16-28)20-8-6-19(7-9-20)26-22(29)17-31-21-10-4-18(24)5-11-21/h4-11H,2-3,12-17H2,1H3,(H,25,30)(H,26,29). The van der Waals surface area contributed by atoms with Crippen LogP contribution in [0.2, 0.25) is 5.02 Å². The highest BCUT2D eigenvalue weighted by Crippen LogP contribution is 2.20. The third-order valence-corrected chi connectivity index (χ3v) is 5.33. The molecule has 31 heavy (non-hydrogen) atoms. The van der Waals surface area contributed by atoms with Gasteiger partial charge in [-0.3, -0.25) is 4.79 Å². The third kappa shape index (κ3) is 7.07. The Bertz CT molecular complexity index is 850. The van der Waals surface area contributed by atoms with Crippen LogP contribution in [-0.2, 0) is 4.79 Å². The first-order chi connectivity index (χ1) is 15.0. The number of nitrogens with zero attached hydrogens (tertiary/aromatic N) is 2. The van der Waals surface area contributed by atoms with E-state index in [0.717, 1.165) is 38.2 Å². The predicted molar refractivity (Wildman–Crippen MR) is 124 cm³/mol. The number of carbonyl (C=O) groups excluding carboxylic acids is 2. The van der Waals surface area contributed by atoms with Crippen molar-refractivity contribution >= 4 is 34.9 Å². The molecule has 166 valence electrons. The van der Waals surface area contributed by atoms with E-state index in [9.17, 15) is 9.59 Å². The highest BCUT2D eigenvalue weighted by Gasteiger charge is 2.21. The Morgan fingerprint density at radius 2 is 1.68 bits per heavy atom. The maximum atomic E-state index is 12.2. The van der Waals surface area contributed by atoms with Gasteiger partial charge in [-0.25, -0.2) is 4.79 Å². The normalized spacial score (nSPS) is 13.6. The fourth-order valence-electron chi connectivity index (χ4n) is 3.28. The minimum atomic E-state index is -0.231. The van der Waals surface area contributed by atoms with E-state index in [1.165, 1.54) is 0 Å². The molecular weight excluding hydrogens is 416 g/mol. The number of anilines is 2.